The lowest BCUT2D eigenvalue weighted by Crippen LogP contribution is -2.67. The van der Waals surface area contributed by atoms with Crippen LogP contribution in [0.3, 0.4) is 0 Å². The largest absolute Gasteiger partial charge is 0.467 e. The lowest BCUT2D eigenvalue weighted by molar-refractivity contribution is -0.395. The van der Waals surface area contributed by atoms with Crippen molar-refractivity contribution in [3.8, 4) is 0 Å². The van der Waals surface area contributed by atoms with Crippen molar-refractivity contribution >= 4 is 11.9 Å². The van der Waals surface area contributed by atoms with Crippen LogP contribution in [-0.4, -0.2) is 94.2 Å². The number of hydrogen-bond acceptors (Lipinski definition) is 13. The Hall–Kier alpha value is -4.54. The van der Waals surface area contributed by atoms with E-state index in [-0.39, 0.29) is 26.4 Å². The van der Waals surface area contributed by atoms with E-state index in [0.29, 0.717) is 0 Å². The molecule has 7 rings (SSSR count). The Labute approximate surface area is 331 Å². The Morgan fingerprint density at radius 2 is 1.12 bits per heavy atom. The molecule has 0 aliphatic carbocycles. The van der Waals surface area contributed by atoms with Gasteiger partial charge in [0.05, 0.1) is 33.5 Å². The molecule has 3 saturated heterocycles. The van der Waals surface area contributed by atoms with E-state index in [1.54, 1.807) is 0 Å². The van der Waals surface area contributed by atoms with Crippen LogP contribution in [0.15, 0.2) is 121 Å². The molecule has 3 aliphatic heterocycles. The molecule has 11 atom stereocenters. The number of benzene rings is 4. The molecule has 13 heteroatoms. The van der Waals surface area contributed by atoms with Gasteiger partial charge in [-0.25, -0.2) is 4.79 Å². The summed E-state index contributed by atoms with van der Waals surface area (Å²) in [6, 6.07) is 38.1. The van der Waals surface area contributed by atoms with Crippen molar-refractivity contribution in [3.63, 3.8) is 0 Å². The summed E-state index contributed by atoms with van der Waals surface area (Å²) in [5.41, 5.74) is 3.40. The van der Waals surface area contributed by atoms with E-state index >= 15 is 0 Å². The molecule has 4 aromatic rings. The van der Waals surface area contributed by atoms with Crippen molar-refractivity contribution in [3.05, 3.63) is 144 Å². The van der Waals surface area contributed by atoms with Crippen LogP contribution in [-0.2, 0) is 81.5 Å². The maximum absolute atomic E-state index is 13.6. The smallest absolute Gasteiger partial charge is 0.337 e. The number of esters is 2. The molecule has 4 aromatic carbocycles. The highest BCUT2D eigenvalue weighted by Gasteiger charge is 2.57. The minimum Gasteiger partial charge on any atom is -0.467 e. The van der Waals surface area contributed by atoms with Gasteiger partial charge >= 0.3 is 11.9 Å². The minimum atomic E-state index is -1.44. The number of methoxy groups -OCH3 is 2. The molecule has 0 N–H and O–H groups in total. The first kappa shape index (κ1) is 40.6. The van der Waals surface area contributed by atoms with Crippen LogP contribution >= 0.6 is 0 Å². The average molecular weight is 785 g/mol. The second-order valence-electron chi connectivity index (χ2n) is 13.9. The zero-order chi connectivity index (χ0) is 39.6. The van der Waals surface area contributed by atoms with E-state index in [2.05, 4.69) is 0 Å². The maximum Gasteiger partial charge on any atom is 0.337 e. The fourth-order valence-corrected chi connectivity index (χ4v) is 7.22. The van der Waals surface area contributed by atoms with Crippen molar-refractivity contribution in [2.75, 3.05) is 20.8 Å². The summed E-state index contributed by atoms with van der Waals surface area (Å²) in [4.78, 5) is 26.5. The fraction of sp³-hybridized carbons (Fsp3) is 0.409. The van der Waals surface area contributed by atoms with Gasteiger partial charge in [0.25, 0.3) is 0 Å². The summed E-state index contributed by atoms with van der Waals surface area (Å²) < 4.78 is 69.2. The lowest BCUT2D eigenvalue weighted by Gasteiger charge is -2.51. The fourth-order valence-electron chi connectivity index (χ4n) is 7.22. The summed E-state index contributed by atoms with van der Waals surface area (Å²) in [6.45, 7) is 1.82. The first-order valence-corrected chi connectivity index (χ1v) is 18.9. The molecule has 0 aromatic heterocycles. The van der Waals surface area contributed by atoms with Crippen LogP contribution in [0.5, 0.6) is 0 Å². The Bertz CT molecular complexity index is 1830. The summed E-state index contributed by atoms with van der Waals surface area (Å²) in [5, 5.41) is 0. The molecular weight excluding hydrogens is 736 g/mol. The third-order valence-electron chi connectivity index (χ3n) is 9.97. The number of fused-ring (bicyclic) bond motifs is 1. The van der Waals surface area contributed by atoms with Gasteiger partial charge in [-0.1, -0.05) is 121 Å². The molecule has 3 fully saturated rings. The van der Waals surface area contributed by atoms with Crippen LogP contribution in [0.1, 0.15) is 35.5 Å². The molecule has 0 saturated carbocycles. The van der Waals surface area contributed by atoms with Crippen molar-refractivity contribution in [2.24, 2.45) is 0 Å². The zero-order valence-corrected chi connectivity index (χ0v) is 32.0. The highest BCUT2D eigenvalue weighted by atomic mass is 16.8. The number of rotatable bonds is 15. The monoisotopic (exact) mass is 784 g/mol. The highest BCUT2D eigenvalue weighted by Crippen LogP contribution is 2.39. The molecule has 3 heterocycles. The summed E-state index contributed by atoms with van der Waals surface area (Å²) in [5.74, 6) is -1.38. The van der Waals surface area contributed by atoms with Crippen LogP contribution in [0.2, 0.25) is 0 Å². The van der Waals surface area contributed by atoms with Gasteiger partial charge in [0.2, 0.25) is 0 Å². The van der Waals surface area contributed by atoms with E-state index < -0.39 is 79.6 Å². The zero-order valence-electron chi connectivity index (χ0n) is 32.0. The van der Waals surface area contributed by atoms with Gasteiger partial charge < -0.3 is 52.1 Å². The number of carbonyl (C=O) groups is 2. The minimum absolute atomic E-state index is 0.0869. The molecule has 0 bridgehead atoms. The van der Waals surface area contributed by atoms with Crippen LogP contribution in [0, 0.1) is 0 Å². The molecular formula is C44H48O13. The van der Waals surface area contributed by atoms with E-state index in [1.807, 2.05) is 121 Å². The predicted octanol–water partition coefficient (Wildman–Crippen LogP) is 5.44. The highest BCUT2D eigenvalue weighted by molar-refractivity contribution is 5.75. The Morgan fingerprint density at radius 1 is 0.596 bits per heavy atom. The Balaban J connectivity index is 1.24. The lowest BCUT2D eigenvalue weighted by atomic mass is 9.95. The second kappa shape index (κ2) is 19.7. The van der Waals surface area contributed by atoms with Crippen molar-refractivity contribution in [1.29, 1.82) is 0 Å². The summed E-state index contributed by atoms with van der Waals surface area (Å²) >= 11 is 0. The topological polar surface area (TPSA) is 136 Å². The van der Waals surface area contributed by atoms with Gasteiger partial charge in [0, 0.05) is 19.6 Å². The third kappa shape index (κ3) is 10.1. The molecule has 57 heavy (non-hydrogen) atoms. The molecule has 3 aliphatic rings. The van der Waals surface area contributed by atoms with Crippen molar-refractivity contribution in [2.45, 2.75) is 94.4 Å². The van der Waals surface area contributed by atoms with Gasteiger partial charge in [-0.15, -0.1) is 0 Å². The van der Waals surface area contributed by atoms with Gasteiger partial charge in [-0.3, -0.25) is 4.79 Å². The first-order chi connectivity index (χ1) is 27.9. The van der Waals surface area contributed by atoms with E-state index in [0.717, 1.165) is 22.3 Å². The SMILES string of the molecule is COC(=O)[C@H]1O[C@@H](O[C@@H]2[C@@H](OC)O[C@@H]3COC(c4ccccc4)O[C@H]3[C@@H]2OCc2ccccc2)[C@H](OC(C)=O)[C@@H](OCc2ccccc2)[C@@H]1OCc1ccccc1. The van der Waals surface area contributed by atoms with Crippen LogP contribution in [0.4, 0.5) is 0 Å². The molecule has 0 radical (unpaired) electrons. The first-order valence-electron chi connectivity index (χ1n) is 18.9. The molecule has 13 nitrogen and oxygen atoms in total. The summed E-state index contributed by atoms with van der Waals surface area (Å²) in [7, 11) is 2.73. The van der Waals surface area contributed by atoms with Gasteiger partial charge in [0.1, 0.15) is 36.6 Å². The maximum atomic E-state index is 13.6. The third-order valence-corrected chi connectivity index (χ3v) is 9.97. The number of hydrogen-bond donors (Lipinski definition) is 0. The van der Waals surface area contributed by atoms with E-state index in [4.69, 9.17) is 52.1 Å². The standard InChI is InChI=1S/C44H48O13/c1-28(45)53-40-37(51-26-31-20-12-6-13-21-31)36(50-25-30-18-10-5-11-19-30)38(41(46)47-2)56-44(40)57-39-35(49-24-29-16-8-4-9-17-29)34-33(54-43(39)48-3)27-52-42(55-34)32-22-14-7-15-23-32/h4-23,33-40,42-44H,24-27H2,1-3H3/t33-,34-,35+,36+,37+,38+,39+,40-,42?,43+,44+/m1/s1. The van der Waals surface area contributed by atoms with Crippen molar-refractivity contribution < 1.29 is 61.7 Å². The predicted molar refractivity (Wildman–Crippen MR) is 202 cm³/mol. The van der Waals surface area contributed by atoms with Gasteiger partial charge in [0.15, 0.2) is 31.1 Å². The van der Waals surface area contributed by atoms with E-state index in [1.165, 1.54) is 21.1 Å². The van der Waals surface area contributed by atoms with Crippen LogP contribution in [0.25, 0.3) is 0 Å². The average Bonchev–Trinajstić information content (AvgIpc) is 3.25. The van der Waals surface area contributed by atoms with Crippen molar-refractivity contribution in [1.82, 2.24) is 0 Å². The Morgan fingerprint density at radius 3 is 1.65 bits per heavy atom. The number of ether oxygens (including phenoxy) is 11. The quantitative estimate of drug-likeness (QED) is 0.142. The molecule has 0 amide bonds. The van der Waals surface area contributed by atoms with E-state index in [9.17, 15) is 9.59 Å². The molecule has 1 unspecified atom stereocenters. The second-order valence-corrected chi connectivity index (χ2v) is 13.9. The van der Waals surface area contributed by atoms with Gasteiger partial charge in [-0.2, -0.15) is 0 Å². The normalized spacial score (nSPS) is 29.8. The number of carbonyl (C=O) groups excluding carboxylic acids is 2. The Kier molecular flexibility index (Phi) is 14.1. The molecule has 302 valence electrons. The summed E-state index contributed by atoms with van der Waals surface area (Å²) in [6.07, 6.45) is -11.3. The van der Waals surface area contributed by atoms with Gasteiger partial charge in [-0.05, 0) is 16.7 Å². The molecule has 0 spiro atoms. The van der Waals surface area contributed by atoms with Crippen LogP contribution < -0.4 is 0 Å².